The van der Waals surface area contributed by atoms with Gasteiger partial charge in [-0.1, -0.05) is 19.1 Å². The third-order valence-corrected chi connectivity index (χ3v) is 10.2. The molecule has 0 saturated carbocycles. The van der Waals surface area contributed by atoms with Gasteiger partial charge in [-0.3, -0.25) is 14.4 Å². The van der Waals surface area contributed by atoms with Gasteiger partial charge < -0.3 is 29.0 Å². The zero-order valence-corrected chi connectivity index (χ0v) is 30.2. The fraction of sp³-hybridized carbons (Fsp3) is 0.486. The number of rotatable bonds is 11. The van der Waals surface area contributed by atoms with Gasteiger partial charge in [-0.25, -0.2) is 8.42 Å². The molecule has 3 aromatic rings. The summed E-state index contributed by atoms with van der Waals surface area (Å²) in [4.78, 5) is 18.3. The lowest BCUT2D eigenvalue weighted by molar-refractivity contribution is -0.0177. The molecule has 0 fully saturated rings. The number of methoxy groups -OCH3 is 2. The number of aliphatic hydroxyl groups excluding tert-OH is 1. The molecule has 4 rings (SSSR count). The number of amides is 1. The molecule has 1 heterocycles. The number of hydrogen-bond acceptors (Lipinski definition) is 9. The summed E-state index contributed by atoms with van der Waals surface area (Å²) in [6.07, 6.45) is 2.08. The van der Waals surface area contributed by atoms with Gasteiger partial charge in [0.05, 0.1) is 49.5 Å². The largest absolute Gasteiger partial charge is 0.497 e. The van der Waals surface area contributed by atoms with Crippen molar-refractivity contribution in [2.75, 3.05) is 52.3 Å². The van der Waals surface area contributed by atoms with E-state index in [1.54, 1.807) is 43.2 Å². The summed E-state index contributed by atoms with van der Waals surface area (Å²) in [6.45, 7) is 7.78. The molecule has 0 saturated heterocycles. The van der Waals surface area contributed by atoms with Crippen LogP contribution in [0.15, 0.2) is 71.6 Å². The number of ether oxygens (including phenoxy) is 4. The molecule has 0 radical (unpaired) electrons. The molecule has 49 heavy (non-hydrogen) atoms. The van der Waals surface area contributed by atoms with Crippen molar-refractivity contribution in [1.29, 1.82) is 0 Å². The van der Waals surface area contributed by atoms with Crippen LogP contribution in [0.3, 0.4) is 0 Å². The molecule has 2 N–H and O–H groups in total. The fourth-order valence-corrected chi connectivity index (χ4v) is 6.88. The maximum Gasteiger partial charge on any atom is 0.261 e. The first-order valence-electron chi connectivity index (χ1n) is 16.8. The lowest BCUT2D eigenvalue weighted by Crippen LogP contribution is -2.47. The van der Waals surface area contributed by atoms with Crippen molar-refractivity contribution in [3.8, 4) is 17.2 Å². The number of carbonyl (C=O) groups excluding carboxylic acids is 1. The maximum absolute atomic E-state index is 14.4. The van der Waals surface area contributed by atoms with Gasteiger partial charge in [-0.2, -0.15) is 0 Å². The van der Waals surface area contributed by atoms with E-state index < -0.39 is 16.1 Å². The number of hydrogen-bond donors (Lipinski definition) is 2. The third kappa shape index (κ3) is 10.6. The Hall–Kier alpha value is -3.84. The van der Waals surface area contributed by atoms with Crippen LogP contribution >= 0.6 is 0 Å². The van der Waals surface area contributed by atoms with Crippen LogP contribution in [0.4, 0.5) is 5.69 Å². The predicted molar refractivity (Wildman–Crippen MR) is 190 cm³/mol. The van der Waals surface area contributed by atoms with Crippen molar-refractivity contribution in [2.45, 2.75) is 69.7 Å². The second-order valence-corrected chi connectivity index (χ2v) is 14.5. The normalized spacial score (nSPS) is 20.1. The average Bonchev–Trinajstić information content (AvgIpc) is 3.09. The number of nitrogens with one attached hydrogen (secondary N) is 1. The molecule has 0 aromatic heterocycles. The number of anilines is 1. The van der Waals surface area contributed by atoms with Crippen molar-refractivity contribution in [3.63, 3.8) is 0 Å². The van der Waals surface area contributed by atoms with Crippen molar-refractivity contribution in [2.24, 2.45) is 5.92 Å². The van der Waals surface area contributed by atoms with Gasteiger partial charge in [0.15, 0.2) is 0 Å². The van der Waals surface area contributed by atoms with Crippen molar-refractivity contribution >= 4 is 21.6 Å². The molecule has 0 unspecified atom stereocenters. The molecule has 0 bridgehead atoms. The summed E-state index contributed by atoms with van der Waals surface area (Å²) >= 11 is 0. The van der Waals surface area contributed by atoms with Gasteiger partial charge in [0, 0.05) is 37.8 Å². The van der Waals surface area contributed by atoms with E-state index in [2.05, 4.69) is 23.6 Å². The molecular formula is C37H51N3O8S. The zero-order chi connectivity index (χ0) is 35.6. The number of sulfonamides is 1. The molecule has 1 amide bonds. The summed E-state index contributed by atoms with van der Waals surface area (Å²) < 4.78 is 52.4. The lowest BCUT2D eigenvalue weighted by atomic mass is 10.0. The standard InChI is InChI=1S/C37H51N3O8S/c1-26-22-40(27(2)25-41)37(42)34-21-30(38-49(43,44)33-17-15-32(46-6)16-18-33)12-19-35(34)48-28(3)9-7-8-20-47-36(26)24-39(4)23-29-10-13-31(45-5)14-11-29/h10-19,21,26-28,36,38,41H,7-9,20,22-25H2,1-6H3/t26-,27-,28-,36-/m0/s1. The molecule has 0 spiro atoms. The number of fused-ring (bicyclic) bond motifs is 1. The summed E-state index contributed by atoms with van der Waals surface area (Å²) in [5.74, 6) is 1.23. The van der Waals surface area contributed by atoms with Gasteiger partial charge in [0.1, 0.15) is 17.2 Å². The van der Waals surface area contributed by atoms with Gasteiger partial charge in [-0.05, 0) is 100 Å². The first kappa shape index (κ1) is 38.0. The van der Waals surface area contributed by atoms with Crippen LogP contribution in [0.1, 0.15) is 56.0 Å². The Kier molecular flexibility index (Phi) is 13.7. The SMILES string of the molecule is COc1ccc(CN(C)C[C@@H]2OCCCC[C@H](C)Oc3ccc(NS(=O)(=O)c4ccc(OC)cc4)cc3C(=O)N([C@@H](C)CO)C[C@@H]2C)cc1. The number of likely N-dealkylation sites (N-methyl/N-ethyl adjacent to an activating group) is 1. The van der Waals surface area contributed by atoms with E-state index >= 15 is 0 Å². The molecular weight excluding hydrogens is 646 g/mol. The first-order valence-corrected chi connectivity index (χ1v) is 18.2. The molecule has 0 aliphatic carbocycles. The van der Waals surface area contributed by atoms with Crippen LogP contribution in [0.5, 0.6) is 17.2 Å². The smallest absolute Gasteiger partial charge is 0.261 e. The van der Waals surface area contributed by atoms with E-state index in [-0.39, 0.29) is 46.8 Å². The minimum Gasteiger partial charge on any atom is -0.497 e. The second kappa shape index (κ2) is 17.7. The molecule has 1 aliphatic rings. The number of benzene rings is 3. The Morgan fingerprint density at radius 1 is 1.00 bits per heavy atom. The van der Waals surface area contributed by atoms with Crippen molar-refractivity contribution < 1.29 is 37.3 Å². The van der Waals surface area contributed by atoms with Crippen LogP contribution in [0.25, 0.3) is 0 Å². The molecule has 12 heteroatoms. The molecule has 11 nitrogen and oxygen atoms in total. The zero-order valence-electron chi connectivity index (χ0n) is 29.4. The number of carbonyl (C=O) groups is 1. The highest BCUT2D eigenvalue weighted by molar-refractivity contribution is 7.92. The van der Waals surface area contributed by atoms with Crippen LogP contribution < -0.4 is 18.9 Å². The predicted octanol–water partition coefficient (Wildman–Crippen LogP) is 5.43. The van der Waals surface area contributed by atoms with E-state index in [4.69, 9.17) is 18.9 Å². The van der Waals surface area contributed by atoms with Gasteiger partial charge in [-0.15, -0.1) is 0 Å². The van der Waals surface area contributed by atoms with Crippen LogP contribution in [0.2, 0.25) is 0 Å². The van der Waals surface area contributed by atoms with Crippen LogP contribution in [-0.4, -0.2) is 95.1 Å². The van der Waals surface area contributed by atoms with E-state index in [9.17, 15) is 18.3 Å². The number of aliphatic hydroxyl groups is 1. The quantitative estimate of drug-likeness (QED) is 0.270. The highest BCUT2D eigenvalue weighted by atomic mass is 32.2. The van der Waals surface area contributed by atoms with E-state index in [0.717, 1.165) is 30.6 Å². The number of nitrogens with zero attached hydrogens (tertiary/aromatic N) is 2. The van der Waals surface area contributed by atoms with E-state index in [0.29, 0.717) is 37.7 Å². The molecule has 1 aliphatic heterocycles. The van der Waals surface area contributed by atoms with E-state index in [1.807, 2.05) is 31.2 Å². The Morgan fingerprint density at radius 3 is 2.29 bits per heavy atom. The Balaban J connectivity index is 1.62. The maximum atomic E-state index is 14.4. The highest BCUT2D eigenvalue weighted by Crippen LogP contribution is 2.30. The topological polar surface area (TPSA) is 127 Å². The third-order valence-electron chi connectivity index (χ3n) is 8.78. The Morgan fingerprint density at radius 2 is 1.65 bits per heavy atom. The summed E-state index contributed by atoms with van der Waals surface area (Å²) in [7, 11) is 1.24. The van der Waals surface area contributed by atoms with Gasteiger partial charge in [0.25, 0.3) is 15.9 Å². The molecule has 4 atom stereocenters. The van der Waals surface area contributed by atoms with Crippen LogP contribution in [0, 0.1) is 5.92 Å². The van der Waals surface area contributed by atoms with E-state index in [1.165, 1.54) is 25.3 Å². The summed E-state index contributed by atoms with van der Waals surface area (Å²) in [5, 5.41) is 10.3. The van der Waals surface area contributed by atoms with Gasteiger partial charge >= 0.3 is 0 Å². The van der Waals surface area contributed by atoms with Gasteiger partial charge in [0.2, 0.25) is 0 Å². The van der Waals surface area contributed by atoms with Crippen LogP contribution in [-0.2, 0) is 21.3 Å². The average molecular weight is 698 g/mol. The fourth-order valence-electron chi connectivity index (χ4n) is 5.83. The van der Waals surface area contributed by atoms with Crippen molar-refractivity contribution in [1.82, 2.24) is 9.80 Å². The monoisotopic (exact) mass is 697 g/mol. The van der Waals surface area contributed by atoms with Crippen molar-refractivity contribution in [3.05, 3.63) is 77.9 Å². The molecule has 268 valence electrons. The minimum absolute atomic E-state index is 0.0527. The minimum atomic E-state index is -3.97. The second-order valence-electron chi connectivity index (χ2n) is 12.8. The highest BCUT2D eigenvalue weighted by Gasteiger charge is 2.31. The Bertz CT molecular complexity index is 1600. The summed E-state index contributed by atoms with van der Waals surface area (Å²) in [5.41, 5.74) is 1.57. The Labute approximate surface area is 291 Å². The summed E-state index contributed by atoms with van der Waals surface area (Å²) in [6, 6.07) is 18.2. The molecule has 3 aromatic carbocycles. The first-order chi connectivity index (χ1) is 23.4. The lowest BCUT2D eigenvalue weighted by Gasteiger charge is -2.36.